The molecule has 17 nitrogen and oxygen atoms in total. The number of hydrogen-bond donors (Lipinski definition) is 3. The van der Waals surface area contributed by atoms with E-state index < -0.39 is 97.5 Å². The summed E-state index contributed by atoms with van der Waals surface area (Å²) in [7, 11) is -9.88. The molecule has 0 saturated heterocycles. The second-order valence-electron chi connectivity index (χ2n) is 24.6. The summed E-state index contributed by atoms with van der Waals surface area (Å²) in [5.41, 5.74) is 0. The summed E-state index contributed by atoms with van der Waals surface area (Å²) < 4.78 is 67.8. The Hall–Kier alpha value is -1.94. The Balaban J connectivity index is 5.16. The van der Waals surface area contributed by atoms with E-state index in [-0.39, 0.29) is 25.7 Å². The number of phosphoric acid groups is 2. The van der Waals surface area contributed by atoms with Gasteiger partial charge in [0, 0.05) is 25.7 Å². The van der Waals surface area contributed by atoms with E-state index in [1.165, 1.54) is 116 Å². The van der Waals surface area contributed by atoms with E-state index in [0.717, 1.165) is 108 Å². The van der Waals surface area contributed by atoms with Crippen molar-refractivity contribution >= 4 is 39.5 Å². The van der Waals surface area contributed by atoms with Gasteiger partial charge in [-0.15, -0.1) is 0 Å². The van der Waals surface area contributed by atoms with E-state index in [2.05, 4.69) is 48.5 Å². The van der Waals surface area contributed by atoms with E-state index in [1.807, 2.05) is 0 Å². The molecule has 0 aromatic carbocycles. The van der Waals surface area contributed by atoms with Gasteiger partial charge in [0.05, 0.1) is 26.4 Å². The van der Waals surface area contributed by atoms with E-state index in [9.17, 15) is 43.2 Å². The van der Waals surface area contributed by atoms with Crippen LogP contribution in [0.2, 0.25) is 0 Å². The summed E-state index contributed by atoms with van der Waals surface area (Å²) in [5, 5.41) is 10.5. The lowest BCUT2D eigenvalue weighted by atomic mass is 10.0. The number of hydrogen-bond acceptors (Lipinski definition) is 15. The number of aliphatic hydroxyl groups is 1. The predicted octanol–water partition coefficient (Wildman–Crippen LogP) is 17.5. The summed E-state index contributed by atoms with van der Waals surface area (Å²) in [4.78, 5) is 71.9. The van der Waals surface area contributed by atoms with Gasteiger partial charge in [0.25, 0.3) is 0 Å². The maximum atomic E-state index is 13.0. The molecule has 0 aliphatic carbocycles. The number of unbranched alkanes of at least 4 members (excludes halogenated alkanes) is 30. The third kappa shape index (κ3) is 58.8. The number of carbonyl (C=O) groups excluding carboxylic acids is 4. The fourth-order valence-electron chi connectivity index (χ4n) is 9.48. The molecule has 19 heteroatoms. The van der Waals surface area contributed by atoms with Gasteiger partial charge in [-0.2, -0.15) is 0 Å². The fraction of sp³-hybridized carbons (Fsp3) is 0.938. The third-order valence-corrected chi connectivity index (χ3v) is 16.5. The number of rotatable bonds is 62. The Kier molecular flexibility index (Phi) is 54.1. The molecule has 0 bridgehead atoms. The van der Waals surface area contributed by atoms with Gasteiger partial charge < -0.3 is 33.8 Å². The Bertz CT molecular complexity index is 1650. The van der Waals surface area contributed by atoms with Crippen LogP contribution in [0.4, 0.5) is 0 Å². The summed E-state index contributed by atoms with van der Waals surface area (Å²) in [5.74, 6) is 0.0691. The van der Waals surface area contributed by atoms with Crippen molar-refractivity contribution < 1.29 is 80.2 Å². The van der Waals surface area contributed by atoms with Crippen molar-refractivity contribution in [3.8, 4) is 0 Å². The molecule has 0 fully saturated rings. The van der Waals surface area contributed by atoms with Gasteiger partial charge in [0.2, 0.25) is 0 Å². The number of esters is 4. The molecular weight excluding hydrogens is 1100 g/mol. The minimum atomic E-state index is -4.94. The Morgan fingerprint density at radius 1 is 0.325 bits per heavy atom. The molecule has 0 rings (SSSR count). The third-order valence-electron chi connectivity index (χ3n) is 14.6. The van der Waals surface area contributed by atoms with Crippen molar-refractivity contribution in [1.29, 1.82) is 0 Å². The van der Waals surface area contributed by atoms with Crippen molar-refractivity contribution in [2.75, 3.05) is 39.6 Å². The summed E-state index contributed by atoms with van der Waals surface area (Å²) >= 11 is 0. The molecule has 0 spiro atoms. The zero-order chi connectivity index (χ0) is 61.7. The van der Waals surface area contributed by atoms with Crippen LogP contribution in [0.1, 0.15) is 312 Å². The van der Waals surface area contributed by atoms with Crippen LogP contribution in [-0.4, -0.2) is 96.7 Å². The van der Waals surface area contributed by atoms with Gasteiger partial charge >= 0.3 is 39.5 Å². The normalized spacial score (nSPS) is 14.4. The first kappa shape index (κ1) is 81.1. The van der Waals surface area contributed by atoms with Gasteiger partial charge in [-0.25, -0.2) is 9.13 Å². The van der Waals surface area contributed by atoms with Gasteiger partial charge in [-0.1, -0.05) is 260 Å². The lowest BCUT2D eigenvalue weighted by Crippen LogP contribution is -2.30. The van der Waals surface area contributed by atoms with Crippen molar-refractivity contribution in [2.24, 2.45) is 17.8 Å². The number of ether oxygens (including phenoxy) is 4. The minimum absolute atomic E-state index is 0.102. The largest absolute Gasteiger partial charge is 0.472 e. The average Bonchev–Trinajstić information content (AvgIpc) is 3.45. The van der Waals surface area contributed by atoms with Crippen molar-refractivity contribution in [3.63, 3.8) is 0 Å². The van der Waals surface area contributed by atoms with Crippen LogP contribution in [0.3, 0.4) is 0 Å². The maximum Gasteiger partial charge on any atom is 0.472 e. The first-order chi connectivity index (χ1) is 39.7. The molecule has 0 aliphatic heterocycles. The molecule has 0 heterocycles. The second kappa shape index (κ2) is 55.4. The van der Waals surface area contributed by atoms with Crippen LogP contribution in [0, 0.1) is 17.8 Å². The van der Waals surface area contributed by atoms with Crippen molar-refractivity contribution in [3.05, 3.63) is 0 Å². The molecule has 0 aliphatic rings. The monoisotopic (exact) mass is 1230 g/mol. The van der Waals surface area contributed by atoms with Crippen LogP contribution < -0.4 is 0 Å². The lowest BCUT2D eigenvalue weighted by molar-refractivity contribution is -0.161. The van der Waals surface area contributed by atoms with Crippen molar-refractivity contribution in [2.45, 2.75) is 330 Å². The molecule has 0 aromatic heterocycles. The SMILES string of the molecule is CCCCCCCC(=O)OC[C@H](COP(=O)(O)OC[C@H](O)COP(=O)(O)OC[C@@H](COC(=O)CCCCCCCCCCC(C)C)OC(=O)CCCCCCCCCCCCCCCCC(C)C)OC(=O)CCCCCCCCCC(C)C. The van der Waals surface area contributed by atoms with Gasteiger partial charge in [0.15, 0.2) is 12.2 Å². The first-order valence-corrected chi connectivity index (χ1v) is 36.3. The average molecular weight is 1230 g/mol. The minimum Gasteiger partial charge on any atom is -0.462 e. The smallest absolute Gasteiger partial charge is 0.462 e. The molecule has 0 radical (unpaired) electrons. The van der Waals surface area contributed by atoms with E-state index in [4.69, 9.17) is 37.0 Å². The highest BCUT2D eigenvalue weighted by atomic mass is 31.2. The molecule has 3 N–H and O–H groups in total. The quantitative estimate of drug-likeness (QED) is 0.0222. The summed E-state index contributed by atoms with van der Waals surface area (Å²) in [6.45, 7) is 11.6. The topological polar surface area (TPSA) is 237 Å². The number of phosphoric ester groups is 2. The highest BCUT2D eigenvalue weighted by Crippen LogP contribution is 2.45. The fourth-order valence-corrected chi connectivity index (χ4v) is 11.1. The van der Waals surface area contributed by atoms with Crippen LogP contribution in [0.15, 0.2) is 0 Å². The predicted molar refractivity (Wildman–Crippen MR) is 331 cm³/mol. The zero-order valence-corrected chi connectivity index (χ0v) is 55.4. The summed E-state index contributed by atoms with van der Waals surface area (Å²) in [6, 6.07) is 0. The van der Waals surface area contributed by atoms with Crippen LogP contribution in [0.5, 0.6) is 0 Å². The number of carbonyl (C=O) groups is 4. The lowest BCUT2D eigenvalue weighted by Gasteiger charge is -2.21. The molecule has 5 atom stereocenters. The summed E-state index contributed by atoms with van der Waals surface area (Å²) in [6.07, 6.45) is 36.7. The van der Waals surface area contributed by atoms with Crippen LogP contribution >= 0.6 is 15.6 Å². The second-order valence-corrected chi connectivity index (χ2v) is 27.5. The van der Waals surface area contributed by atoms with Crippen LogP contribution in [-0.2, 0) is 65.4 Å². The van der Waals surface area contributed by atoms with E-state index in [1.54, 1.807) is 0 Å². The van der Waals surface area contributed by atoms with E-state index in [0.29, 0.717) is 31.6 Å². The Labute approximate surface area is 505 Å². The molecule has 0 saturated carbocycles. The van der Waals surface area contributed by atoms with Crippen molar-refractivity contribution in [1.82, 2.24) is 0 Å². The first-order valence-electron chi connectivity index (χ1n) is 33.3. The molecule has 2 unspecified atom stereocenters. The highest BCUT2D eigenvalue weighted by Gasteiger charge is 2.30. The van der Waals surface area contributed by atoms with E-state index >= 15 is 0 Å². The van der Waals surface area contributed by atoms with Gasteiger partial charge in [-0.05, 0) is 43.4 Å². The highest BCUT2D eigenvalue weighted by molar-refractivity contribution is 7.47. The zero-order valence-electron chi connectivity index (χ0n) is 53.6. The standard InChI is InChI=1S/C64H124O17P2/c1-8-9-10-28-38-45-61(66)74-51-59(80-64(69)48-41-34-27-21-24-31-37-44-57(6)7)53-78-82(70,71)76-49-58(65)50-77-83(72,73)79-54-60(52-75-62(67)46-39-32-25-20-19-23-30-36-43-56(4)5)81-63(68)47-40-33-26-18-16-14-12-11-13-15-17-22-29-35-42-55(2)3/h55-60,65H,8-54H2,1-7H3,(H,70,71)(H,72,73)/t58-,59+,60+/m0/s1. The molecular formula is C64H124O17P2. The van der Waals surface area contributed by atoms with Gasteiger partial charge in [-0.3, -0.25) is 37.3 Å². The molecule has 83 heavy (non-hydrogen) atoms. The number of aliphatic hydroxyl groups excluding tert-OH is 1. The Morgan fingerprint density at radius 3 is 0.819 bits per heavy atom. The Morgan fingerprint density at radius 2 is 0.554 bits per heavy atom. The van der Waals surface area contributed by atoms with Crippen LogP contribution in [0.25, 0.3) is 0 Å². The molecule has 0 amide bonds. The molecule has 0 aromatic rings. The molecule has 492 valence electrons. The maximum absolute atomic E-state index is 13.0. The van der Waals surface area contributed by atoms with Gasteiger partial charge in [0.1, 0.15) is 19.3 Å².